The average Bonchev–Trinajstić information content (AvgIpc) is 2.22. The molecule has 2 amide bonds. The number of nitrogens with two attached hydrogens (primary N) is 2. The lowest BCUT2D eigenvalue weighted by Gasteiger charge is -2.28. The van der Waals surface area contributed by atoms with Crippen LogP contribution in [0.4, 0.5) is 0 Å². The first-order valence-corrected chi connectivity index (χ1v) is 5.59. The van der Waals surface area contributed by atoms with Gasteiger partial charge in [-0.1, -0.05) is 0 Å². The maximum atomic E-state index is 11.7. The fourth-order valence-electron chi connectivity index (χ4n) is 1.12. The molecule has 0 unspecified atom stereocenters. The molecule has 3 atom stereocenters. The number of aliphatic carboxylic acids is 1. The number of carbonyl (C=O) groups excluding carboxylic acids is 2. The molecule has 0 radical (unpaired) electrons. The van der Waals surface area contributed by atoms with E-state index in [-0.39, 0.29) is 5.75 Å². The summed E-state index contributed by atoms with van der Waals surface area (Å²) in [7, 11) is 0. The molecule has 0 aromatic heterocycles. The van der Waals surface area contributed by atoms with E-state index in [0.29, 0.717) is 4.90 Å². The van der Waals surface area contributed by atoms with Crippen molar-refractivity contribution >= 4 is 30.4 Å². The molecule has 0 saturated heterocycles. The van der Waals surface area contributed by atoms with E-state index in [1.165, 1.54) is 13.8 Å². The first-order chi connectivity index (χ1) is 7.73. The molecule has 0 aliphatic rings. The van der Waals surface area contributed by atoms with Gasteiger partial charge in [0.15, 0.2) is 0 Å². The molecule has 0 bridgehead atoms. The van der Waals surface area contributed by atoms with Gasteiger partial charge >= 0.3 is 5.97 Å². The number of hydrogen-bond donors (Lipinski definition) is 4. The van der Waals surface area contributed by atoms with Crippen molar-refractivity contribution in [2.24, 2.45) is 11.5 Å². The summed E-state index contributed by atoms with van der Waals surface area (Å²) in [6, 6.07) is -3.34. The summed E-state index contributed by atoms with van der Waals surface area (Å²) in [5, 5.41) is 8.93. The Morgan fingerprint density at radius 3 is 1.71 bits per heavy atom. The number of rotatable bonds is 5. The Morgan fingerprint density at radius 1 is 1.18 bits per heavy atom. The summed E-state index contributed by atoms with van der Waals surface area (Å²) >= 11 is 3.81. The third-order valence-electron chi connectivity index (χ3n) is 2.02. The number of amides is 2. The third kappa shape index (κ3) is 3.99. The van der Waals surface area contributed by atoms with Gasteiger partial charge in [-0.25, -0.2) is 4.79 Å². The van der Waals surface area contributed by atoms with Gasteiger partial charge in [-0.05, 0) is 13.8 Å². The summed E-state index contributed by atoms with van der Waals surface area (Å²) < 4.78 is 0. The predicted octanol–water partition coefficient (Wildman–Crippen LogP) is -1.58. The van der Waals surface area contributed by atoms with E-state index in [0.717, 1.165) is 0 Å². The maximum absolute atomic E-state index is 11.7. The standard InChI is InChI=1S/C9H17N3O4S/c1-4(10)7(13)12(8(14)5(2)11)6(3-17)9(15)16/h4-6,17H,3,10-11H2,1-2H3,(H,15,16)/t4-,5-,6-/m0/s1. The number of carbonyl (C=O) groups is 3. The molecule has 0 fully saturated rings. The molecule has 17 heavy (non-hydrogen) atoms. The zero-order valence-electron chi connectivity index (χ0n) is 9.66. The van der Waals surface area contributed by atoms with Crippen LogP contribution in [0.5, 0.6) is 0 Å². The molecule has 8 heteroatoms. The van der Waals surface area contributed by atoms with Gasteiger partial charge in [0.25, 0.3) is 0 Å². The second kappa shape index (κ2) is 6.58. The Morgan fingerprint density at radius 2 is 1.53 bits per heavy atom. The highest BCUT2D eigenvalue weighted by Crippen LogP contribution is 2.07. The number of carboxylic acid groups (broad SMARTS) is 1. The minimum atomic E-state index is -1.37. The van der Waals surface area contributed by atoms with Gasteiger partial charge in [-0.15, -0.1) is 0 Å². The molecule has 0 aliphatic heterocycles. The van der Waals surface area contributed by atoms with Crippen LogP contribution in [0.25, 0.3) is 0 Å². The van der Waals surface area contributed by atoms with E-state index in [1.54, 1.807) is 0 Å². The molecular formula is C9H17N3O4S. The second-order valence-electron chi connectivity index (χ2n) is 3.66. The van der Waals surface area contributed by atoms with Crippen molar-refractivity contribution in [2.45, 2.75) is 32.0 Å². The highest BCUT2D eigenvalue weighted by Gasteiger charge is 2.36. The number of carboxylic acids is 1. The van der Waals surface area contributed by atoms with Gasteiger partial charge in [0.1, 0.15) is 6.04 Å². The third-order valence-corrected chi connectivity index (χ3v) is 2.37. The monoisotopic (exact) mass is 263 g/mol. The van der Waals surface area contributed by atoms with E-state index in [1.807, 2.05) is 0 Å². The highest BCUT2D eigenvalue weighted by atomic mass is 32.1. The lowest BCUT2D eigenvalue weighted by molar-refractivity contribution is -0.157. The molecule has 0 spiro atoms. The zero-order valence-corrected chi connectivity index (χ0v) is 10.6. The normalized spacial score (nSPS) is 15.8. The van der Waals surface area contributed by atoms with Gasteiger partial charge in [0.05, 0.1) is 12.1 Å². The van der Waals surface area contributed by atoms with E-state index in [9.17, 15) is 14.4 Å². The van der Waals surface area contributed by atoms with Gasteiger partial charge in [-0.3, -0.25) is 14.5 Å². The molecule has 5 N–H and O–H groups in total. The van der Waals surface area contributed by atoms with Crippen LogP contribution in [0.2, 0.25) is 0 Å². The van der Waals surface area contributed by atoms with E-state index in [2.05, 4.69) is 12.6 Å². The predicted molar refractivity (Wildman–Crippen MR) is 64.4 cm³/mol. The van der Waals surface area contributed by atoms with E-state index >= 15 is 0 Å². The Balaban J connectivity index is 5.30. The van der Waals surface area contributed by atoms with Crippen molar-refractivity contribution in [3.63, 3.8) is 0 Å². The smallest absolute Gasteiger partial charge is 0.327 e. The minimum absolute atomic E-state index is 0.202. The van der Waals surface area contributed by atoms with E-state index in [4.69, 9.17) is 16.6 Å². The van der Waals surface area contributed by atoms with Crippen molar-refractivity contribution < 1.29 is 19.5 Å². The molecule has 0 saturated carbocycles. The zero-order chi connectivity index (χ0) is 13.7. The van der Waals surface area contributed by atoms with Crippen LogP contribution >= 0.6 is 12.6 Å². The fraction of sp³-hybridized carbons (Fsp3) is 0.667. The van der Waals surface area contributed by atoms with Crippen LogP contribution in [-0.2, 0) is 14.4 Å². The van der Waals surface area contributed by atoms with Crippen LogP contribution in [0.15, 0.2) is 0 Å². The molecule has 0 aromatic rings. The molecule has 0 heterocycles. The van der Waals surface area contributed by atoms with Crippen molar-refractivity contribution in [3.05, 3.63) is 0 Å². The van der Waals surface area contributed by atoms with Crippen LogP contribution < -0.4 is 11.5 Å². The Kier molecular flexibility index (Phi) is 6.14. The summed E-state index contributed by atoms with van der Waals surface area (Å²) in [5.74, 6) is -3.10. The van der Waals surface area contributed by atoms with Crippen molar-refractivity contribution in [1.29, 1.82) is 0 Å². The SMILES string of the molecule is C[C@H](N)C(=O)N(C(=O)[C@H](C)N)[C@@H](CS)C(=O)O. The first kappa shape index (κ1) is 15.9. The average molecular weight is 263 g/mol. The molecule has 98 valence electrons. The highest BCUT2D eigenvalue weighted by molar-refractivity contribution is 7.80. The minimum Gasteiger partial charge on any atom is -0.480 e. The number of nitrogens with zero attached hydrogens (tertiary/aromatic N) is 1. The van der Waals surface area contributed by atoms with Gasteiger partial charge in [-0.2, -0.15) is 12.6 Å². The topological polar surface area (TPSA) is 127 Å². The Bertz CT molecular complexity index is 299. The Hall–Kier alpha value is -1.12. The second-order valence-corrected chi connectivity index (χ2v) is 4.03. The van der Waals surface area contributed by atoms with Crippen molar-refractivity contribution in [1.82, 2.24) is 4.90 Å². The number of imide groups is 1. The number of thiol groups is 1. The fourth-order valence-corrected chi connectivity index (χ4v) is 1.44. The van der Waals surface area contributed by atoms with Crippen molar-refractivity contribution in [2.75, 3.05) is 5.75 Å². The molecular weight excluding hydrogens is 246 g/mol. The quantitative estimate of drug-likeness (QED) is 0.443. The molecule has 0 rings (SSSR count). The van der Waals surface area contributed by atoms with Gasteiger partial charge in [0, 0.05) is 5.75 Å². The summed E-state index contributed by atoms with van der Waals surface area (Å²) in [4.78, 5) is 35.0. The molecule has 7 nitrogen and oxygen atoms in total. The summed E-state index contributed by atoms with van der Waals surface area (Å²) in [6.07, 6.45) is 0. The number of hydrogen-bond acceptors (Lipinski definition) is 6. The van der Waals surface area contributed by atoms with Crippen molar-refractivity contribution in [3.8, 4) is 0 Å². The van der Waals surface area contributed by atoms with Gasteiger partial charge < -0.3 is 16.6 Å². The van der Waals surface area contributed by atoms with Crippen LogP contribution in [0.1, 0.15) is 13.8 Å². The summed E-state index contributed by atoms with van der Waals surface area (Å²) in [5.41, 5.74) is 10.7. The lowest BCUT2D eigenvalue weighted by atomic mass is 10.2. The molecule has 0 aliphatic carbocycles. The summed E-state index contributed by atoms with van der Waals surface area (Å²) in [6.45, 7) is 2.72. The first-order valence-electron chi connectivity index (χ1n) is 4.95. The van der Waals surface area contributed by atoms with Crippen LogP contribution in [0.3, 0.4) is 0 Å². The lowest BCUT2D eigenvalue weighted by Crippen LogP contribution is -2.57. The van der Waals surface area contributed by atoms with Gasteiger partial charge in [0.2, 0.25) is 11.8 Å². The Labute approximate surface area is 105 Å². The molecule has 0 aromatic carbocycles. The van der Waals surface area contributed by atoms with Crippen LogP contribution in [-0.4, -0.2) is 51.7 Å². The van der Waals surface area contributed by atoms with E-state index < -0.39 is 35.9 Å². The largest absolute Gasteiger partial charge is 0.480 e. The maximum Gasteiger partial charge on any atom is 0.327 e. The van der Waals surface area contributed by atoms with Crippen LogP contribution in [0, 0.1) is 0 Å².